The van der Waals surface area contributed by atoms with Crippen molar-refractivity contribution in [2.24, 2.45) is 5.92 Å². The van der Waals surface area contributed by atoms with Crippen LogP contribution >= 0.6 is 0 Å². The zero-order chi connectivity index (χ0) is 12.3. The van der Waals surface area contributed by atoms with Crippen LogP contribution in [0.2, 0.25) is 0 Å². The summed E-state index contributed by atoms with van der Waals surface area (Å²) in [7, 11) is 2.11. The molecule has 4 heteroatoms. The maximum atomic E-state index is 12.5. The van der Waals surface area contributed by atoms with E-state index in [0.29, 0.717) is 11.9 Å². The Kier molecular flexibility index (Phi) is 4.40. The van der Waals surface area contributed by atoms with Crippen molar-refractivity contribution < 1.29 is 4.79 Å². The van der Waals surface area contributed by atoms with Crippen molar-refractivity contribution in [3.05, 3.63) is 0 Å². The molecule has 0 aromatic carbocycles. The van der Waals surface area contributed by atoms with Gasteiger partial charge in [-0.25, -0.2) is 0 Å². The number of rotatable bonds is 3. The number of piperidine rings is 1. The van der Waals surface area contributed by atoms with Crippen LogP contribution in [-0.4, -0.2) is 61.5 Å². The van der Waals surface area contributed by atoms with E-state index in [-0.39, 0.29) is 5.92 Å². The fraction of sp³-hybridized carbons (Fsp3) is 0.923. The van der Waals surface area contributed by atoms with Crippen LogP contribution in [0.5, 0.6) is 0 Å². The van der Waals surface area contributed by atoms with Crippen molar-refractivity contribution in [1.82, 2.24) is 15.1 Å². The molecule has 1 amide bonds. The molecular formula is C13H25N3O. The largest absolute Gasteiger partial charge is 0.340 e. The van der Waals surface area contributed by atoms with Crippen molar-refractivity contribution in [1.29, 1.82) is 0 Å². The number of nitrogens with zero attached hydrogens (tertiary/aromatic N) is 2. The predicted octanol–water partition coefficient (Wildman–Crippen LogP) is 0.539. The van der Waals surface area contributed by atoms with Gasteiger partial charge in [-0.3, -0.25) is 4.79 Å². The number of likely N-dealkylation sites (tertiary alicyclic amines) is 1. The highest BCUT2D eigenvalue weighted by Crippen LogP contribution is 2.21. The molecule has 0 bridgehead atoms. The average molecular weight is 239 g/mol. The number of carbonyl (C=O) groups excluding carboxylic acids is 1. The van der Waals surface area contributed by atoms with Crippen LogP contribution in [0.15, 0.2) is 0 Å². The first kappa shape index (κ1) is 12.8. The fourth-order valence-corrected chi connectivity index (χ4v) is 3.08. The van der Waals surface area contributed by atoms with Gasteiger partial charge < -0.3 is 15.1 Å². The van der Waals surface area contributed by atoms with E-state index in [0.717, 1.165) is 52.0 Å². The van der Waals surface area contributed by atoms with Crippen LogP contribution in [-0.2, 0) is 4.79 Å². The Morgan fingerprint density at radius 1 is 1.35 bits per heavy atom. The van der Waals surface area contributed by atoms with E-state index in [2.05, 4.69) is 29.1 Å². The van der Waals surface area contributed by atoms with Crippen LogP contribution in [0.4, 0.5) is 0 Å². The summed E-state index contributed by atoms with van der Waals surface area (Å²) >= 11 is 0. The second-order valence-electron chi connectivity index (χ2n) is 5.35. The lowest BCUT2D eigenvalue weighted by molar-refractivity contribution is -0.137. The second-order valence-corrected chi connectivity index (χ2v) is 5.35. The third kappa shape index (κ3) is 2.99. The van der Waals surface area contributed by atoms with E-state index in [4.69, 9.17) is 0 Å². The molecule has 2 aliphatic rings. The van der Waals surface area contributed by atoms with Gasteiger partial charge in [-0.15, -0.1) is 0 Å². The Balaban J connectivity index is 1.94. The van der Waals surface area contributed by atoms with Crippen molar-refractivity contribution in [3.8, 4) is 0 Å². The minimum atomic E-state index is 0.245. The Hall–Kier alpha value is -0.610. The normalized spacial score (nSPS) is 27.3. The molecule has 2 saturated heterocycles. The van der Waals surface area contributed by atoms with Crippen molar-refractivity contribution in [3.63, 3.8) is 0 Å². The molecule has 0 aromatic heterocycles. The minimum absolute atomic E-state index is 0.245. The molecule has 1 atom stereocenters. The number of hydrogen-bond donors (Lipinski definition) is 1. The van der Waals surface area contributed by atoms with E-state index in [1.165, 1.54) is 0 Å². The van der Waals surface area contributed by atoms with E-state index in [1.54, 1.807) is 0 Å². The molecule has 0 radical (unpaired) electrons. The van der Waals surface area contributed by atoms with E-state index >= 15 is 0 Å². The van der Waals surface area contributed by atoms with Crippen LogP contribution in [0.1, 0.15) is 26.2 Å². The summed E-state index contributed by atoms with van der Waals surface area (Å²) in [6, 6.07) is 0.472. The molecule has 1 unspecified atom stereocenters. The molecule has 0 aliphatic carbocycles. The summed E-state index contributed by atoms with van der Waals surface area (Å²) in [5.41, 5.74) is 0. The molecule has 2 rings (SSSR count). The van der Waals surface area contributed by atoms with Crippen LogP contribution in [0.3, 0.4) is 0 Å². The second kappa shape index (κ2) is 5.83. The maximum Gasteiger partial charge on any atom is 0.227 e. The highest BCUT2D eigenvalue weighted by molar-refractivity contribution is 5.79. The topological polar surface area (TPSA) is 35.6 Å². The number of carbonyl (C=O) groups is 1. The predicted molar refractivity (Wildman–Crippen MR) is 68.9 cm³/mol. The molecule has 0 aromatic rings. The van der Waals surface area contributed by atoms with Crippen molar-refractivity contribution >= 4 is 5.91 Å². The molecule has 0 spiro atoms. The van der Waals surface area contributed by atoms with E-state index in [9.17, 15) is 4.79 Å². The molecule has 0 saturated carbocycles. The van der Waals surface area contributed by atoms with Crippen LogP contribution < -0.4 is 5.32 Å². The smallest absolute Gasteiger partial charge is 0.227 e. The SMILES string of the molecule is CCN(C(=O)C1CCN(C)C1)C1CCNCC1. The maximum absolute atomic E-state index is 12.5. The fourth-order valence-electron chi connectivity index (χ4n) is 3.08. The lowest BCUT2D eigenvalue weighted by atomic mass is 10.0. The summed E-state index contributed by atoms with van der Waals surface area (Å²) in [6.45, 7) is 7.10. The van der Waals surface area contributed by atoms with Gasteiger partial charge in [0.05, 0.1) is 5.92 Å². The van der Waals surface area contributed by atoms with Crippen molar-refractivity contribution in [2.45, 2.75) is 32.2 Å². The van der Waals surface area contributed by atoms with Gasteiger partial charge in [-0.1, -0.05) is 0 Å². The van der Waals surface area contributed by atoms with Crippen LogP contribution in [0.25, 0.3) is 0 Å². The summed E-state index contributed by atoms with van der Waals surface area (Å²) in [5, 5.41) is 3.36. The van der Waals surface area contributed by atoms with Gasteiger partial charge in [0.2, 0.25) is 5.91 Å². The van der Waals surface area contributed by atoms with E-state index in [1.807, 2.05) is 0 Å². The van der Waals surface area contributed by atoms with Gasteiger partial charge in [0.1, 0.15) is 0 Å². The van der Waals surface area contributed by atoms with Gasteiger partial charge in [0, 0.05) is 19.1 Å². The third-order valence-corrected chi connectivity index (χ3v) is 4.11. The molecule has 4 nitrogen and oxygen atoms in total. The highest BCUT2D eigenvalue weighted by atomic mass is 16.2. The third-order valence-electron chi connectivity index (χ3n) is 4.11. The Morgan fingerprint density at radius 3 is 2.59 bits per heavy atom. The van der Waals surface area contributed by atoms with Gasteiger partial charge in [-0.05, 0) is 52.9 Å². The summed E-state index contributed by atoms with van der Waals surface area (Å²) in [5.74, 6) is 0.638. The Labute approximate surface area is 104 Å². The Bertz CT molecular complexity index is 263. The number of amides is 1. The lowest BCUT2D eigenvalue weighted by Crippen LogP contribution is -2.48. The number of nitrogens with one attached hydrogen (secondary N) is 1. The standard InChI is InChI=1S/C13H25N3O/c1-3-16(12-4-7-14-8-5-12)13(17)11-6-9-15(2)10-11/h11-12,14H,3-10H2,1-2H3. The van der Waals surface area contributed by atoms with Crippen LogP contribution in [0, 0.1) is 5.92 Å². The van der Waals surface area contributed by atoms with E-state index < -0.39 is 0 Å². The number of hydrogen-bond acceptors (Lipinski definition) is 3. The average Bonchev–Trinajstić information content (AvgIpc) is 2.78. The zero-order valence-corrected chi connectivity index (χ0v) is 11.1. The first-order valence-electron chi connectivity index (χ1n) is 6.92. The Morgan fingerprint density at radius 2 is 2.06 bits per heavy atom. The molecule has 2 fully saturated rings. The molecule has 17 heavy (non-hydrogen) atoms. The summed E-state index contributed by atoms with van der Waals surface area (Å²) in [6.07, 6.45) is 3.26. The lowest BCUT2D eigenvalue weighted by Gasteiger charge is -2.35. The van der Waals surface area contributed by atoms with Gasteiger partial charge in [0.25, 0.3) is 0 Å². The highest BCUT2D eigenvalue weighted by Gasteiger charge is 2.32. The first-order valence-corrected chi connectivity index (χ1v) is 6.92. The van der Waals surface area contributed by atoms with Gasteiger partial charge in [-0.2, -0.15) is 0 Å². The summed E-state index contributed by atoms with van der Waals surface area (Å²) < 4.78 is 0. The minimum Gasteiger partial charge on any atom is -0.340 e. The molecule has 2 aliphatic heterocycles. The molecule has 2 heterocycles. The monoisotopic (exact) mass is 239 g/mol. The zero-order valence-electron chi connectivity index (χ0n) is 11.1. The summed E-state index contributed by atoms with van der Waals surface area (Å²) in [4.78, 5) is 16.9. The molecule has 1 N–H and O–H groups in total. The first-order chi connectivity index (χ1) is 8.22. The van der Waals surface area contributed by atoms with Crippen molar-refractivity contribution in [2.75, 3.05) is 39.8 Å². The van der Waals surface area contributed by atoms with Gasteiger partial charge in [0.15, 0.2) is 0 Å². The quantitative estimate of drug-likeness (QED) is 0.781. The molecular weight excluding hydrogens is 214 g/mol. The molecule has 98 valence electrons. The van der Waals surface area contributed by atoms with Gasteiger partial charge >= 0.3 is 0 Å².